The maximum absolute atomic E-state index is 12.3. The standard InChI is InChI=1S/C30H37BrN2O3.C30H38N2O3.C2H7BO2/c1-7-35-27(34)17-23(28-32-14-15-33(28)6)20-8-10-22(11-9-20)36-19-21-16-24-25(18-26(21)31)30(4,5)13-12-29(24,2)3;1-7-20-16-25-26(30(4,5)13-12-29(25,2)3)17-22(20)19-35-23-10-8-21(9-11-23)24(18-27(33)34)28-31-14-15-32(28)6;1-2-3(4)5/h8-11,14-16,18,23H,7,12-13,17,19H2,1-6H3;8-11,14-17,24H,7,12-13,18-19H2,1-6H3,(H,33,34);4-5H,2H2,1H3/t23-;24-;/m00./s1. The number of carboxylic acid groups (broad SMARTS) is 1. The average molecular weight is 1100 g/mol. The molecule has 0 bridgehead atoms. The van der Waals surface area contributed by atoms with Gasteiger partial charge in [0.25, 0.3) is 0 Å². The third-order valence-electron chi connectivity index (χ3n) is 15.7. The Kier molecular flexibility index (Phi) is 19.7. The number of carbonyl (C=O) groups excluding carboxylic acids is 1. The lowest BCUT2D eigenvalue weighted by Crippen LogP contribution is -2.34. The smallest absolute Gasteiger partial charge is 0.451 e. The van der Waals surface area contributed by atoms with Gasteiger partial charge in [-0.2, -0.15) is 0 Å². The van der Waals surface area contributed by atoms with E-state index in [9.17, 15) is 14.7 Å². The van der Waals surface area contributed by atoms with Gasteiger partial charge in [0.2, 0.25) is 0 Å². The van der Waals surface area contributed by atoms with Crippen LogP contribution in [0.25, 0.3) is 0 Å². The van der Waals surface area contributed by atoms with E-state index >= 15 is 0 Å². The monoisotopic (exact) mass is 1100 g/mol. The van der Waals surface area contributed by atoms with E-state index in [1.165, 1.54) is 59.1 Å². The highest BCUT2D eigenvalue weighted by Gasteiger charge is 2.39. The van der Waals surface area contributed by atoms with Crippen LogP contribution in [0.4, 0.5) is 0 Å². The summed E-state index contributed by atoms with van der Waals surface area (Å²) in [5.41, 5.74) is 12.2. The van der Waals surface area contributed by atoms with Crippen molar-refractivity contribution < 1.29 is 39.0 Å². The first-order valence-corrected chi connectivity index (χ1v) is 27.7. The molecule has 12 nitrogen and oxygen atoms in total. The minimum Gasteiger partial charge on any atom is -0.489 e. The SMILES string of the molecule is CCB(O)O.CCOC(=O)C[C@@H](c1ccc(OCc2cc3c(cc2Br)C(C)(C)CCC3(C)C)cc1)c1nccn1C.CCc1cc2c(cc1COc1ccc([C@H](CC(=O)O)c3nccn3C)cc1)C(C)(C)CCC2(C)C. The number of hydrogen-bond donors (Lipinski definition) is 3. The van der Waals surface area contributed by atoms with Gasteiger partial charge < -0.3 is 38.5 Å². The van der Waals surface area contributed by atoms with E-state index < -0.39 is 13.1 Å². The first-order chi connectivity index (χ1) is 35.8. The van der Waals surface area contributed by atoms with Crippen LogP contribution in [0.15, 0.2) is 102 Å². The quantitative estimate of drug-likeness (QED) is 0.0593. The molecule has 0 unspecified atom stereocenters. The highest BCUT2D eigenvalue weighted by Crippen LogP contribution is 2.48. The van der Waals surface area contributed by atoms with E-state index in [2.05, 4.69) is 112 Å². The molecule has 2 heterocycles. The average Bonchev–Trinajstić information content (AvgIpc) is 4.01. The molecule has 2 atom stereocenters. The van der Waals surface area contributed by atoms with E-state index in [1.54, 1.807) is 19.3 Å². The summed E-state index contributed by atoms with van der Waals surface area (Å²) in [6, 6.07) is 25.2. The highest BCUT2D eigenvalue weighted by atomic mass is 79.9. The van der Waals surface area contributed by atoms with Crippen LogP contribution >= 0.6 is 15.9 Å². The molecule has 6 aromatic rings. The number of aromatic nitrogens is 4. The molecular weight excluding hydrogens is 1020 g/mol. The van der Waals surface area contributed by atoms with Crippen LogP contribution in [0, 0.1) is 0 Å². The molecule has 76 heavy (non-hydrogen) atoms. The Morgan fingerprint density at radius 2 is 1.00 bits per heavy atom. The van der Waals surface area contributed by atoms with E-state index in [1.807, 2.05) is 91.1 Å². The summed E-state index contributed by atoms with van der Waals surface area (Å²) in [6.45, 7) is 25.9. The lowest BCUT2D eigenvalue weighted by molar-refractivity contribution is -0.143. The van der Waals surface area contributed by atoms with Crippen molar-refractivity contribution in [3.63, 3.8) is 0 Å². The fraction of sp³-hybridized carbons (Fsp3) is 0.484. The van der Waals surface area contributed by atoms with Gasteiger partial charge in [-0.1, -0.05) is 128 Å². The fourth-order valence-corrected chi connectivity index (χ4v) is 11.0. The van der Waals surface area contributed by atoms with Crippen molar-refractivity contribution in [3.05, 3.63) is 164 Å². The van der Waals surface area contributed by atoms with Crippen molar-refractivity contribution in [2.24, 2.45) is 14.1 Å². The molecule has 408 valence electrons. The fourth-order valence-electron chi connectivity index (χ4n) is 10.5. The van der Waals surface area contributed by atoms with Crippen molar-refractivity contribution in [1.82, 2.24) is 19.1 Å². The second kappa shape index (κ2) is 25.2. The first-order valence-electron chi connectivity index (χ1n) is 26.9. The van der Waals surface area contributed by atoms with Crippen molar-refractivity contribution in [1.29, 1.82) is 0 Å². The number of nitrogens with zero attached hydrogens (tertiary/aromatic N) is 4. The Morgan fingerprint density at radius 3 is 1.37 bits per heavy atom. The van der Waals surface area contributed by atoms with Crippen molar-refractivity contribution in [2.45, 2.75) is 174 Å². The Bertz CT molecular complexity index is 2900. The van der Waals surface area contributed by atoms with Gasteiger partial charge in [-0.15, -0.1) is 0 Å². The zero-order valence-electron chi connectivity index (χ0n) is 47.3. The molecule has 0 radical (unpaired) electrons. The summed E-state index contributed by atoms with van der Waals surface area (Å²) in [5, 5.41) is 25.3. The van der Waals surface area contributed by atoms with Crippen molar-refractivity contribution in [3.8, 4) is 11.5 Å². The summed E-state index contributed by atoms with van der Waals surface area (Å²) in [7, 11) is 2.72. The Labute approximate surface area is 460 Å². The number of fused-ring (bicyclic) bond motifs is 2. The van der Waals surface area contributed by atoms with E-state index in [4.69, 9.17) is 24.3 Å². The molecule has 2 aromatic heterocycles. The van der Waals surface area contributed by atoms with Gasteiger partial charge in [0.1, 0.15) is 36.4 Å². The number of hydrogen-bond acceptors (Lipinski definition) is 9. The molecule has 4 aromatic carbocycles. The molecule has 0 saturated carbocycles. The lowest BCUT2D eigenvalue weighted by atomic mass is 9.62. The first kappa shape index (κ1) is 59.5. The number of aryl methyl sites for hydroxylation is 3. The van der Waals surface area contributed by atoms with Gasteiger partial charge in [-0.3, -0.25) is 9.59 Å². The van der Waals surface area contributed by atoms with Gasteiger partial charge in [-0.25, -0.2) is 9.97 Å². The molecule has 2 aliphatic rings. The van der Waals surface area contributed by atoms with Gasteiger partial charge in [0, 0.05) is 48.9 Å². The maximum Gasteiger partial charge on any atom is 0.451 e. The van der Waals surface area contributed by atoms with E-state index in [0.717, 1.165) is 50.7 Å². The number of imidazole rings is 2. The van der Waals surface area contributed by atoms with Crippen LogP contribution in [0.5, 0.6) is 11.5 Å². The molecule has 3 N–H and O–H groups in total. The molecule has 0 fully saturated rings. The maximum atomic E-state index is 12.3. The highest BCUT2D eigenvalue weighted by molar-refractivity contribution is 9.10. The number of esters is 1. The number of carboxylic acids is 1. The van der Waals surface area contributed by atoms with Gasteiger partial charge in [0.05, 0.1) is 31.3 Å². The minimum absolute atomic E-state index is 0.00776. The molecule has 2 aliphatic carbocycles. The van der Waals surface area contributed by atoms with Crippen LogP contribution in [-0.4, -0.2) is 59.9 Å². The normalized spacial score (nSPS) is 16.3. The largest absolute Gasteiger partial charge is 0.489 e. The second-order valence-corrected chi connectivity index (χ2v) is 24.0. The summed E-state index contributed by atoms with van der Waals surface area (Å²) in [5.74, 6) is 1.59. The summed E-state index contributed by atoms with van der Waals surface area (Å²) in [4.78, 5) is 32.7. The van der Waals surface area contributed by atoms with Crippen LogP contribution < -0.4 is 9.47 Å². The van der Waals surface area contributed by atoms with Crippen molar-refractivity contribution >= 4 is 35.0 Å². The van der Waals surface area contributed by atoms with Crippen LogP contribution in [0.2, 0.25) is 6.32 Å². The van der Waals surface area contributed by atoms with Crippen LogP contribution in [-0.2, 0) is 69.7 Å². The van der Waals surface area contributed by atoms with E-state index in [-0.39, 0.29) is 52.3 Å². The number of benzene rings is 4. The summed E-state index contributed by atoms with van der Waals surface area (Å²) < 4.78 is 22.6. The Hall–Kier alpha value is -5.70. The number of halogens is 1. The molecule has 0 spiro atoms. The number of aliphatic carboxylic acids is 1. The van der Waals surface area contributed by atoms with Crippen LogP contribution in [0.3, 0.4) is 0 Å². The third-order valence-corrected chi connectivity index (χ3v) is 16.4. The molecule has 8 rings (SSSR count). The van der Waals surface area contributed by atoms with Gasteiger partial charge in [0.15, 0.2) is 0 Å². The number of rotatable bonds is 17. The number of carbonyl (C=O) groups is 2. The van der Waals surface area contributed by atoms with Gasteiger partial charge >= 0.3 is 19.1 Å². The van der Waals surface area contributed by atoms with Crippen LogP contribution in [0.1, 0.15) is 188 Å². The van der Waals surface area contributed by atoms with Crippen molar-refractivity contribution in [2.75, 3.05) is 6.61 Å². The Morgan fingerprint density at radius 1 is 0.618 bits per heavy atom. The zero-order chi connectivity index (χ0) is 55.8. The second-order valence-electron chi connectivity index (χ2n) is 23.2. The van der Waals surface area contributed by atoms with Gasteiger partial charge in [-0.05, 0) is 142 Å². The molecular formula is C62H82BBrN4O8. The molecule has 0 saturated heterocycles. The molecule has 0 amide bonds. The number of ether oxygens (including phenoxy) is 3. The summed E-state index contributed by atoms with van der Waals surface area (Å²) >= 11 is 3.80. The predicted molar refractivity (Wildman–Crippen MR) is 306 cm³/mol. The summed E-state index contributed by atoms with van der Waals surface area (Å²) in [6.07, 6.45) is 13.6. The third kappa shape index (κ3) is 14.7. The topological polar surface area (TPSA) is 158 Å². The molecule has 14 heteroatoms. The molecule has 0 aliphatic heterocycles. The minimum atomic E-state index is -1.12. The lowest BCUT2D eigenvalue weighted by Gasteiger charge is -2.42. The predicted octanol–water partition coefficient (Wildman–Crippen LogP) is 13.2. The van der Waals surface area contributed by atoms with E-state index in [0.29, 0.717) is 26.1 Å². The zero-order valence-corrected chi connectivity index (χ0v) is 48.9. The Balaban J connectivity index is 0.000000227.